The van der Waals surface area contributed by atoms with Crippen LogP contribution in [0.1, 0.15) is 69.5 Å². The quantitative estimate of drug-likeness (QED) is 0.781. The standard InChI is InChI=1S/C19H29N3O3/c1-13(2)18-21-19(25-22-18)17(15-8-11-23-12-9-15)20-14(3)6-7-16-5-4-10-24-16/h4-5,10,13-15,17,20H,6-9,11-12H2,1-3H3/t14-,17-/m1/s1. The molecule has 0 radical (unpaired) electrons. The molecule has 0 aromatic carbocycles. The summed E-state index contributed by atoms with van der Waals surface area (Å²) < 4.78 is 16.6. The first-order valence-corrected chi connectivity index (χ1v) is 9.33. The minimum absolute atomic E-state index is 0.0792. The van der Waals surface area contributed by atoms with Crippen LogP contribution in [0.2, 0.25) is 0 Å². The maximum absolute atomic E-state index is 5.61. The molecule has 2 aromatic heterocycles. The van der Waals surface area contributed by atoms with Gasteiger partial charge in [-0.3, -0.25) is 0 Å². The topological polar surface area (TPSA) is 73.3 Å². The molecule has 0 unspecified atom stereocenters. The van der Waals surface area contributed by atoms with Gasteiger partial charge in [-0.25, -0.2) is 0 Å². The lowest BCUT2D eigenvalue weighted by Crippen LogP contribution is -2.37. The van der Waals surface area contributed by atoms with Crippen LogP contribution in [0, 0.1) is 5.92 Å². The number of aryl methyl sites for hydroxylation is 1. The number of aromatic nitrogens is 2. The molecule has 25 heavy (non-hydrogen) atoms. The number of ether oxygens (including phenoxy) is 1. The highest BCUT2D eigenvalue weighted by Crippen LogP contribution is 2.30. The predicted molar refractivity (Wildman–Crippen MR) is 94.3 cm³/mol. The Hall–Kier alpha value is -1.66. The van der Waals surface area contributed by atoms with Gasteiger partial charge in [0.2, 0.25) is 5.89 Å². The van der Waals surface area contributed by atoms with Gasteiger partial charge in [0.1, 0.15) is 5.76 Å². The molecule has 2 atom stereocenters. The highest BCUT2D eigenvalue weighted by molar-refractivity contribution is 5.01. The number of hydrogen-bond donors (Lipinski definition) is 1. The van der Waals surface area contributed by atoms with Crippen LogP contribution in [-0.4, -0.2) is 29.4 Å². The molecule has 1 saturated heterocycles. The van der Waals surface area contributed by atoms with E-state index >= 15 is 0 Å². The minimum atomic E-state index is 0.0792. The van der Waals surface area contributed by atoms with Gasteiger partial charge < -0.3 is 19.0 Å². The molecule has 1 aliphatic rings. The molecular weight excluding hydrogens is 318 g/mol. The zero-order valence-corrected chi connectivity index (χ0v) is 15.4. The molecule has 2 aromatic rings. The summed E-state index contributed by atoms with van der Waals surface area (Å²) in [7, 11) is 0. The van der Waals surface area contributed by atoms with Gasteiger partial charge >= 0.3 is 0 Å². The number of nitrogens with one attached hydrogen (secondary N) is 1. The molecular formula is C19H29N3O3. The van der Waals surface area contributed by atoms with Gasteiger partial charge in [-0.15, -0.1) is 0 Å². The molecule has 1 N–H and O–H groups in total. The van der Waals surface area contributed by atoms with Gasteiger partial charge in [0, 0.05) is 31.6 Å². The summed E-state index contributed by atoms with van der Waals surface area (Å²) in [6.45, 7) is 7.97. The first-order valence-electron chi connectivity index (χ1n) is 9.33. The summed E-state index contributed by atoms with van der Waals surface area (Å²) in [5, 5.41) is 7.88. The van der Waals surface area contributed by atoms with Crippen molar-refractivity contribution in [3.05, 3.63) is 35.9 Å². The number of rotatable bonds is 8. The Balaban J connectivity index is 1.66. The highest BCUT2D eigenvalue weighted by atomic mass is 16.5. The van der Waals surface area contributed by atoms with E-state index in [0.717, 1.165) is 50.5 Å². The fourth-order valence-electron chi connectivity index (χ4n) is 3.27. The molecule has 0 spiro atoms. The van der Waals surface area contributed by atoms with Gasteiger partial charge in [-0.2, -0.15) is 4.98 Å². The van der Waals surface area contributed by atoms with Crippen LogP contribution in [0.4, 0.5) is 0 Å². The molecule has 0 saturated carbocycles. The minimum Gasteiger partial charge on any atom is -0.469 e. The lowest BCUT2D eigenvalue weighted by atomic mass is 9.90. The van der Waals surface area contributed by atoms with Gasteiger partial charge in [0.15, 0.2) is 5.82 Å². The summed E-state index contributed by atoms with van der Waals surface area (Å²) >= 11 is 0. The molecule has 6 nitrogen and oxygen atoms in total. The SMILES string of the molecule is CC(C)c1noc([C@H](N[C@H](C)CCc2ccco2)C2CCOCC2)n1. The number of furan rings is 1. The normalized spacial score (nSPS) is 18.6. The van der Waals surface area contributed by atoms with E-state index in [1.165, 1.54) is 0 Å². The van der Waals surface area contributed by atoms with Crippen molar-refractivity contribution in [2.45, 2.75) is 64.5 Å². The van der Waals surface area contributed by atoms with Gasteiger partial charge in [0.25, 0.3) is 0 Å². The van der Waals surface area contributed by atoms with E-state index < -0.39 is 0 Å². The molecule has 3 rings (SSSR count). The van der Waals surface area contributed by atoms with Gasteiger partial charge in [0.05, 0.1) is 12.3 Å². The smallest absolute Gasteiger partial charge is 0.244 e. The average Bonchev–Trinajstić information content (AvgIpc) is 3.30. The van der Waals surface area contributed by atoms with E-state index in [1.54, 1.807) is 6.26 Å². The Labute approximate surface area is 149 Å². The van der Waals surface area contributed by atoms with Crippen molar-refractivity contribution in [1.29, 1.82) is 0 Å². The lowest BCUT2D eigenvalue weighted by molar-refractivity contribution is 0.0469. The summed E-state index contributed by atoms with van der Waals surface area (Å²) in [4.78, 5) is 4.65. The molecule has 138 valence electrons. The summed E-state index contributed by atoms with van der Waals surface area (Å²) in [6, 6.07) is 4.36. The first-order chi connectivity index (χ1) is 12.1. The third kappa shape index (κ3) is 4.92. The summed E-state index contributed by atoms with van der Waals surface area (Å²) in [5.74, 6) is 3.23. The third-order valence-corrected chi connectivity index (χ3v) is 4.85. The molecule has 6 heteroatoms. The van der Waals surface area contributed by atoms with Crippen LogP contribution in [-0.2, 0) is 11.2 Å². The van der Waals surface area contributed by atoms with Gasteiger partial charge in [-0.05, 0) is 44.2 Å². The second kappa shape index (κ2) is 8.63. The van der Waals surface area contributed by atoms with Crippen LogP contribution < -0.4 is 5.32 Å². The van der Waals surface area contributed by atoms with Crippen molar-refractivity contribution >= 4 is 0 Å². The van der Waals surface area contributed by atoms with Crippen LogP contribution in [0.5, 0.6) is 0 Å². The van der Waals surface area contributed by atoms with E-state index in [-0.39, 0.29) is 12.0 Å². The van der Waals surface area contributed by atoms with Crippen molar-refractivity contribution in [2.75, 3.05) is 13.2 Å². The maximum atomic E-state index is 5.61. The zero-order valence-electron chi connectivity index (χ0n) is 15.4. The Morgan fingerprint density at radius 2 is 2.04 bits per heavy atom. The van der Waals surface area contributed by atoms with Gasteiger partial charge in [-0.1, -0.05) is 19.0 Å². The maximum Gasteiger partial charge on any atom is 0.244 e. The Bertz CT molecular complexity index is 618. The molecule has 1 fully saturated rings. The Morgan fingerprint density at radius 1 is 1.24 bits per heavy atom. The van der Waals surface area contributed by atoms with Crippen molar-refractivity contribution in [3.63, 3.8) is 0 Å². The zero-order chi connectivity index (χ0) is 17.6. The summed E-state index contributed by atoms with van der Waals surface area (Å²) in [6.07, 6.45) is 5.68. The van der Waals surface area contributed by atoms with Crippen molar-refractivity contribution in [1.82, 2.24) is 15.5 Å². The van der Waals surface area contributed by atoms with Crippen LogP contribution in [0.25, 0.3) is 0 Å². The average molecular weight is 347 g/mol. The lowest BCUT2D eigenvalue weighted by Gasteiger charge is -2.30. The predicted octanol–water partition coefficient (Wildman–Crippen LogP) is 3.86. The molecule has 3 heterocycles. The van der Waals surface area contributed by atoms with E-state index in [0.29, 0.717) is 17.9 Å². The number of hydrogen-bond acceptors (Lipinski definition) is 6. The fourth-order valence-corrected chi connectivity index (χ4v) is 3.27. The van der Waals surface area contributed by atoms with E-state index in [2.05, 4.69) is 36.2 Å². The molecule has 0 amide bonds. The third-order valence-electron chi connectivity index (χ3n) is 4.85. The van der Waals surface area contributed by atoms with Crippen LogP contribution in [0.15, 0.2) is 27.3 Å². The largest absolute Gasteiger partial charge is 0.469 e. The van der Waals surface area contributed by atoms with Crippen LogP contribution >= 0.6 is 0 Å². The molecule has 0 aliphatic carbocycles. The Kier molecular flexibility index (Phi) is 6.26. The second-order valence-corrected chi connectivity index (χ2v) is 7.26. The van der Waals surface area contributed by atoms with E-state index in [9.17, 15) is 0 Å². The first kappa shape index (κ1) is 18.1. The molecule has 0 bridgehead atoms. The van der Waals surface area contributed by atoms with Crippen molar-refractivity contribution in [3.8, 4) is 0 Å². The highest BCUT2D eigenvalue weighted by Gasteiger charge is 2.31. The van der Waals surface area contributed by atoms with Crippen LogP contribution in [0.3, 0.4) is 0 Å². The Morgan fingerprint density at radius 3 is 2.68 bits per heavy atom. The molecule has 1 aliphatic heterocycles. The second-order valence-electron chi connectivity index (χ2n) is 7.26. The van der Waals surface area contributed by atoms with Crippen molar-refractivity contribution < 1.29 is 13.7 Å². The number of nitrogens with zero attached hydrogens (tertiary/aromatic N) is 2. The monoisotopic (exact) mass is 347 g/mol. The van der Waals surface area contributed by atoms with E-state index in [4.69, 9.17) is 13.7 Å². The van der Waals surface area contributed by atoms with Crippen molar-refractivity contribution in [2.24, 2.45) is 5.92 Å². The summed E-state index contributed by atoms with van der Waals surface area (Å²) in [5.41, 5.74) is 0. The fraction of sp³-hybridized carbons (Fsp3) is 0.684. The van der Waals surface area contributed by atoms with E-state index in [1.807, 2.05) is 12.1 Å².